The normalized spacial score (nSPS) is 10.7. The van der Waals surface area contributed by atoms with Gasteiger partial charge in [-0.3, -0.25) is 9.59 Å². The lowest BCUT2D eigenvalue weighted by atomic mass is 10.2. The maximum absolute atomic E-state index is 12.6. The van der Waals surface area contributed by atoms with Gasteiger partial charge in [0.15, 0.2) is 0 Å². The van der Waals surface area contributed by atoms with Crippen LogP contribution in [0.5, 0.6) is 5.75 Å². The minimum absolute atomic E-state index is 0.229. The highest BCUT2D eigenvalue weighted by Crippen LogP contribution is 2.33. The smallest absolute Gasteiger partial charge is 0.266 e. The molecule has 1 N–H and O–H groups in total. The van der Waals surface area contributed by atoms with E-state index >= 15 is 0 Å². The van der Waals surface area contributed by atoms with Crippen LogP contribution in [0.3, 0.4) is 0 Å². The van der Waals surface area contributed by atoms with Crippen molar-refractivity contribution in [1.82, 2.24) is 20.1 Å². The van der Waals surface area contributed by atoms with Crippen molar-refractivity contribution in [1.29, 1.82) is 0 Å². The summed E-state index contributed by atoms with van der Waals surface area (Å²) in [7, 11) is 0. The molecule has 0 fully saturated rings. The highest BCUT2D eigenvalue weighted by molar-refractivity contribution is 7.18. The predicted octanol–water partition coefficient (Wildman–Crippen LogP) is 4.17. The first-order chi connectivity index (χ1) is 16.1. The number of aromatic nitrogens is 3. The molecule has 0 atom stereocenters. The molecule has 8 heteroatoms. The molecule has 0 saturated heterocycles. The number of amides is 1. The van der Waals surface area contributed by atoms with E-state index in [-0.39, 0.29) is 24.6 Å². The fourth-order valence-corrected chi connectivity index (χ4v) is 4.41. The highest BCUT2D eigenvalue weighted by atomic mass is 32.1. The number of para-hydroxylation sites is 1. The number of rotatable bonds is 8. The van der Waals surface area contributed by atoms with Crippen LogP contribution >= 0.6 is 11.3 Å². The van der Waals surface area contributed by atoms with Gasteiger partial charge in [0.25, 0.3) is 11.5 Å². The molecule has 2 aromatic heterocycles. The Kier molecular flexibility index (Phi) is 6.95. The van der Waals surface area contributed by atoms with Crippen LogP contribution in [0.4, 0.5) is 0 Å². The van der Waals surface area contributed by atoms with Crippen molar-refractivity contribution >= 4 is 17.2 Å². The fraction of sp³-hybridized carbons (Fsp3) is 0.200. The first kappa shape index (κ1) is 22.4. The molecule has 168 valence electrons. The molecule has 0 aliphatic heterocycles. The predicted molar refractivity (Wildman–Crippen MR) is 130 cm³/mol. The lowest BCUT2D eigenvalue weighted by molar-refractivity contribution is 0.0948. The zero-order chi connectivity index (χ0) is 23.2. The van der Waals surface area contributed by atoms with Gasteiger partial charge in [0.05, 0.1) is 29.3 Å². The maximum Gasteiger partial charge on any atom is 0.266 e. The third-order valence-corrected chi connectivity index (χ3v) is 6.19. The third kappa shape index (κ3) is 5.18. The lowest BCUT2D eigenvalue weighted by Crippen LogP contribution is -2.32. The lowest BCUT2D eigenvalue weighted by Gasteiger charge is -2.11. The minimum Gasteiger partial charge on any atom is -0.493 e. The standard InChI is InChI=1S/C25H24N4O3S/c1-3-32-21-12-8-7-11-19(21)24(31)26-15-16-29-22(30)14-13-20(28-29)23-17(2)27-25(33-23)18-9-5-4-6-10-18/h4-14H,3,15-16H2,1-2H3,(H,26,31). The zero-order valence-electron chi connectivity index (χ0n) is 18.4. The van der Waals surface area contributed by atoms with Gasteiger partial charge in [-0.05, 0) is 32.0 Å². The average molecular weight is 461 g/mol. The van der Waals surface area contributed by atoms with Crippen LogP contribution in [0.1, 0.15) is 23.0 Å². The van der Waals surface area contributed by atoms with E-state index in [1.165, 1.54) is 22.1 Å². The van der Waals surface area contributed by atoms with E-state index in [4.69, 9.17) is 4.74 Å². The van der Waals surface area contributed by atoms with Crippen molar-refractivity contribution in [2.45, 2.75) is 20.4 Å². The highest BCUT2D eigenvalue weighted by Gasteiger charge is 2.14. The minimum atomic E-state index is -0.256. The van der Waals surface area contributed by atoms with Gasteiger partial charge in [0, 0.05) is 18.2 Å². The Hall–Kier alpha value is -3.78. The number of ether oxygens (including phenoxy) is 1. The molecular weight excluding hydrogens is 436 g/mol. The Morgan fingerprint density at radius 1 is 1.06 bits per heavy atom. The van der Waals surface area contributed by atoms with Crippen LogP contribution in [0.25, 0.3) is 21.1 Å². The van der Waals surface area contributed by atoms with E-state index in [2.05, 4.69) is 15.4 Å². The van der Waals surface area contributed by atoms with Crippen molar-refractivity contribution in [3.05, 3.63) is 88.3 Å². The number of benzene rings is 2. The van der Waals surface area contributed by atoms with E-state index < -0.39 is 0 Å². The van der Waals surface area contributed by atoms with Crippen molar-refractivity contribution in [2.75, 3.05) is 13.2 Å². The van der Waals surface area contributed by atoms with Crippen molar-refractivity contribution in [3.63, 3.8) is 0 Å². The van der Waals surface area contributed by atoms with Gasteiger partial charge in [-0.15, -0.1) is 11.3 Å². The van der Waals surface area contributed by atoms with Crippen LogP contribution < -0.4 is 15.6 Å². The number of carbonyl (C=O) groups excluding carboxylic acids is 1. The summed E-state index contributed by atoms with van der Waals surface area (Å²) < 4.78 is 6.89. The monoisotopic (exact) mass is 460 g/mol. The second-order valence-electron chi connectivity index (χ2n) is 7.26. The molecule has 0 radical (unpaired) electrons. The van der Waals surface area contributed by atoms with Gasteiger partial charge in [-0.1, -0.05) is 42.5 Å². The van der Waals surface area contributed by atoms with Crippen molar-refractivity contribution < 1.29 is 9.53 Å². The topological polar surface area (TPSA) is 86.1 Å². The molecule has 2 aromatic carbocycles. The number of carbonyl (C=O) groups is 1. The van der Waals surface area contributed by atoms with E-state index in [1.807, 2.05) is 50.2 Å². The number of nitrogens with one attached hydrogen (secondary N) is 1. The molecule has 0 aliphatic carbocycles. The largest absolute Gasteiger partial charge is 0.493 e. The quantitative estimate of drug-likeness (QED) is 0.427. The summed E-state index contributed by atoms with van der Waals surface area (Å²) in [5.41, 5.74) is 2.81. The molecule has 33 heavy (non-hydrogen) atoms. The molecule has 0 spiro atoms. The molecule has 0 aliphatic rings. The van der Waals surface area contributed by atoms with Gasteiger partial charge < -0.3 is 10.1 Å². The Morgan fingerprint density at radius 2 is 1.82 bits per heavy atom. The van der Waals surface area contributed by atoms with Gasteiger partial charge in [-0.2, -0.15) is 5.10 Å². The zero-order valence-corrected chi connectivity index (χ0v) is 19.3. The van der Waals surface area contributed by atoms with Gasteiger partial charge in [0.2, 0.25) is 0 Å². The van der Waals surface area contributed by atoms with Crippen LogP contribution in [0, 0.1) is 6.92 Å². The van der Waals surface area contributed by atoms with E-state index in [1.54, 1.807) is 24.3 Å². The second-order valence-corrected chi connectivity index (χ2v) is 8.26. The van der Waals surface area contributed by atoms with Crippen LogP contribution in [0.15, 0.2) is 71.5 Å². The fourth-order valence-electron chi connectivity index (χ4n) is 3.37. The Morgan fingerprint density at radius 3 is 2.61 bits per heavy atom. The van der Waals surface area contributed by atoms with Gasteiger partial charge in [-0.25, -0.2) is 9.67 Å². The maximum atomic E-state index is 12.6. The van der Waals surface area contributed by atoms with Crippen LogP contribution in [0.2, 0.25) is 0 Å². The summed E-state index contributed by atoms with van der Waals surface area (Å²) in [5, 5.41) is 8.27. The summed E-state index contributed by atoms with van der Waals surface area (Å²) in [5.74, 6) is 0.277. The number of hydrogen-bond acceptors (Lipinski definition) is 6. The van der Waals surface area contributed by atoms with Crippen LogP contribution in [-0.4, -0.2) is 33.8 Å². The summed E-state index contributed by atoms with van der Waals surface area (Å²) >= 11 is 1.54. The molecule has 0 saturated carbocycles. The Balaban J connectivity index is 1.48. The molecule has 4 aromatic rings. The molecular formula is C25H24N4O3S. The van der Waals surface area contributed by atoms with Gasteiger partial charge >= 0.3 is 0 Å². The van der Waals surface area contributed by atoms with E-state index in [0.29, 0.717) is 23.6 Å². The summed E-state index contributed by atoms with van der Waals surface area (Å²) in [6, 6.07) is 20.2. The number of thiazole rings is 1. The molecule has 7 nitrogen and oxygen atoms in total. The summed E-state index contributed by atoms with van der Waals surface area (Å²) in [6.07, 6.45) is 0. The summed E-state index contributed by atoms with van der Waals surface area (Å²) in [4.78, 5) is 30.5. The van der Waals surface area contributed by atoms with Crippen LogP contribution in [-0.2, 0) is 6.54 Å². The SMILES string of the molecule is CCOc1ccccc1C(=O)NCCn1nc(-c2sc(-c3ccccc3)nc2C)ccc1=O. The van der Waals surface area contributed by atoms with Crippen molar-refractivity contribution in [3.8, 4) is 26.9 Å². The Bertz CT molecular complexity index is 1310. The molecule has 2 heterocycles. The molecule has 1 amide bonds. The number of hydrogen-bond donors (Lipinski definition) is 1. The summed E-state index contributed by atoms with van der Waals surface area (Å²) in [6.45, 7) is 4.78. The first-order valence-corrected chi connectivity index (χ1v) is 11.5. The second kappa shape index (κ2) is 10.2. The molecule has 4 rings (SSSR count). The Labute approximate surface area is 195 Å². The number of aryl methyl sites for hydroxylation is 1. The van der Waals surface area contributed by atoms with E-state index in [0.717, 1.165) is 21.1 Å². The molecule has 0 bridgehead atoms. The molecule has 0 unspecified atom stereocenters. The number of nitrogens with zero attached hydrogens (tertiary/aromatic N) is 3. The van der Waals surface area contributed by atoms with E-state index in [9.17, 15) is 9.59 Å². The van der Waals surface area contributed by atoms with Gasteiger partial charge in [0.1, 0.15) is 16.5 Å². The average Bonchev–Trinajstić information content (AvgIpc) is 3.23. The van der Waals surface area contributed by atoms with Crippen molar-refractivity contribution in [2.24, 2.45) is 0 Å². The first-order valence-electron chi connectivity index (χ1n) is 10.7. The third-order valence-electron chi connectivity index (χ3n) is 4.96.